The smallest absolute Gasteiger partial charge is 0.307 e. The topological polar surface area (TPSA) is 71.3 Å². The molecule has 0 atom stereocenters. The first-order chi connectivity index (χ1) is 11.1. The number of anilines is 1. The molecule has 2 aromatic rings. The number of aromatic nitrogens is 3. The average Bonchev–Trinajstić information content (AvgIpc) is 2.92. The van der Waals surface area contributed by atoms with Gasteiger partial charge in [0, 0.05) is 62.6 Å². The molecular formula is C15H19N5O2S. The van der Waals surface area contributed by atoms with Crippen molar-refractivity contribution in [1.82, 2.24) is 19.4 Å². The van der Waals surface area contributed by atoms with Crippen LogP contribution >= 0.6 is 11.3 Å². The molecule has 0 saturated carbocycles. The van der Waals surface area contributed by atoms with Gasteiger partial charge in [0.15, 0.2) is 0 Å². The summed E-state index contributed by atoms with van der Waals surface area (Å²) in [4.78, 5) is 36.3. The molecule has 8 heteroatoms. The van der Waals surface area contributed by atoms with Crippen LogP contribution in [0.3, 0.4) is 0 Å². The second kappa shape index (κ2) is 6.91. The van der Waals surface area contributed by atoms with Gasteiger partial charge in [0.2, 0.25) is 5.91 Å². The third-order valence-electron chi connectivity index (χ3n) is 4.03. The predicted molar refractivity (Wildman–Crippen MR) is 88.8 cm³/mol. The SMILES string of the molecule is Cc1csc(=O)n1CCC(=O)N1CCN(c2cnccn2)CC1. The van der Waals surface area contributed by atoms with Crippen molar-refractivity contribution < 1.29 is 4.79 Å². The molecule has 1 aliphatic rings. The normalized spacial score (nSPS) is 15.0. The molecule has 7 nitrogen and oxygen atoms in total. The van der Waals surface area contributed by atoms with Gasteiger partial charge in [-0.2, -0.15) is 0 Å². The second-order valence-corrected chi connectivity index (χ2v) is 6.30. The molecule has 122 valence electrons. The summed E-state index contributed by atoms with van der Waals surface area (Å²) >= 11 is 1.18. The summed E-state index contributed by atoms with van der Waals surface area (Å²) in [6.45, 7) is 5.20. The summed E-state index contributed by atoms with van der Waals surface area (Å²) < 4.78 is 1.67. The molecule has 1 aliphatic heterocycles. The zero-order valence-corrected chi connectivity index (χ0v) is 13.8. The predicted octanol–water partition coefficient (Wildman–Crippen LogP) is 0.747. The number of amides is 1. The zero-order valence-electron chi connectivity index (χ0n) is 13.0. The fourth-order valence-corrected chi connectivity index (χ4v) is 3.44. The lowest BCUT2D eigenvalue weighted by Gasteiger charge is -2.35. The van der Waals surface area contributed by atoms with Crippen molar-refractivity contribution in [1.29, 1.82) is 0 Å². The van der Waals surface area contributed by atoms with E-state index in [9.17, 15) is 9.59 Å². The Labute approximate surface area is 138 Å². The molecule has 0 spiro atoms. The number of hydrogen-bond donors (Lipinski definition) is 0. The van der Waals surface area contributed by atoms with Gasteiger partial charge in [-0.25, -0.2) is 4.98 Å². The molecular weight excluding hydrogens is 314 g/mol. The zero-order chi connectivity index (χ0) is 16.2. The molecule has 23 heavy (non-hydrogen) atoms. The lowest BCUT2D eigenvalue weighted by atomic mass is 10.2. The van der Waals surface area contributed by atoms with Crippen molar-refractivity contribution in [3.63, 3.8) is 0 Å². The first-order valence-electron chi connectivity index (χ1n) is 7.59. The molecule has 0 aromatic carbocycles. The lowest BCUT2D eigenvalue weighted by molar-refractivity contribution is -0.131. The van der Waals surface area contributed by atoms with E-state index >= 15 is 0 Å². The number of aryl methyl sites for hydroxylation is 1. The number of rotatable bonds is 4. The summed E-state index contributed by atoms with van der Waals surface area (Å²) in [5.41, 5.74) is 0.917. The van der Waals surface area contributed by atoms with Crippen molar-refractivity contribution >= 4 is 23.1 Å². The van der Waals surface area contributed by atoms with E-state index < -0.39 is 0 Å². The van der Waals surface area contributed by atoms with Crippen molar-refractivity contribution in [2.75, 3.05) is 31.1 Å². The third kappa shape index (κ3) is 3.58. The maximum absolute atomic E-state index is 12.3. The average molecular weight is 333 g/mol. The minimum Gasteiger partial charge on any atom is -0.352 e. The van der Waals surface area contributed by atoms with Crippen LogP contribution in [0.4, 0.5) is 5.82 Å². The van der Waals surface area contributed by atoms with Gasteiger partial charge in [-0.15, -0.1) is 0 Å². The van der Waals surface area contributed by atoms with Crippen LogP contribution in [0.5, 0.6) is 0 Å². The number of carbonyl (C=O) groups is 1. The Morgan fingerprint density at radius 1 is 1.26 bits per heavy atom. The summed E-state index contributed by atoms with van der Waals surface area (Å²) in [6.07, 6.45) is 5.43. The maximum Gasteiger partial charge on any atom is 0.307 e. The van der Waals surface area contributed by atoms with Crippen LogP contribution < -0.4 is 9.77 Å². The van der Waals surface area contributed by atoms with E-state index in [2.05, 4.69) is 14.9 Å². The van der Waals surface area contributed by atoms with Gasteiger partial charge in [-0.3, -0.25) is 14.6 Å². The largest absolute Gasteiger partial charge is 0.352 e. The quantitative estimate of drug-likeness (QED) is 0.825. The van der Waals surface area contributed by atoms with Crippen molar-refractivity contribution in [3.05, 3.63) is 39.3 Å². The van der Waals surface area contributed by atoms with Crippen LogP contribution in [0.2, 0.25) is 0 Å². The second-order valence-electron chi connectivity index (χ2n) is 5.48. The van der Waals surface area contributed by atoms with Crippen LogP contribution in [0, 0.1) is 6.92 Å². The summed E-state index contributed by atoms with van der Waals surface area (Å²) in [5, 5.41) is 1.83. The van der Waals surface area contributed by atoms with Crippen LogP contribution in [0.1, 0.15) is 12.1 Å². The van der Waals surface area contributed by atoms with Crippen molar-refractivity contribution in [2.24, 2.45) is 0 Å². The van der Waals surface area contributed by atoms with Crippen molar-refractivity contribution in [3.8, 4) is 0 Å². The standard InChI is InChI=1S/C15H19N5O2S/c1-12-11-23-15(22)20(12)5-2-14(21)19-8-6-18(7-9-19)13-10-16-3-4-17-13/h3-4,10-11H,2,5-9H2,1H3. The summed E-state index contributed by atoms with van der Waals surface area (Å²) in [7, 11) is 0. The lowest BCUT2D eigenvalue weighted by Crippen LogP contribution is -2.49. The van der Waals surface area contributed by atoms with E-state index in [4.69, 9.17) is 0 Å². The number of nitrogens with zero attached hydrogens (tertiary/aromatic N) is 5. The van der Waals surface area contributed by atoms with E-state index in [1.807, 2.05) is 17.2 Å². The van der Waals surface area contributed by atoms with Gasteiger partial charge in [0.05, 0.1) is 6.20 Å². The molecule has 3 heterocycles. The van der Waals surface area contributed by atoms with Crippen LogP contribution in [-0.2, 0) is 11.3 Å². The van der Waals surface area contributed by atoms with Crippen LogP contribution in [0.15, 0.2) is 28.8 Å². The van der Waals surface area contributed by atoms with Gasteiger partial charge >= 0.3 is 4.87 Å². The van der Waals surface area contributed by atoms with Crippen LogP contribution in [0.25, 0.3) is 0 Å². The summed E-state index contributed by atoms with van der Waals surface area (Å²) in [6, 6.07) is 0. The molecule has 0 radical (unpaired) electrons. The molecule has 0 unspecified atom stereocenters. The van der Waals surface area contributed by atoms with E-state index in [1.165, 1.54) is 11.3 Å². The Kier molecular flexibility index (Phi) is 4.71. The molecule has 0 aliphatic carbocycles. The third-order valence-corrected chi connectivity index (χ3v) is 4.91. The Hall–Kier alpha value is -2.22. The Bertz CT molecular complexity index is 719. The molecule has 1 amide bonds. The van der Waals surface area contributed by atoms with E-state index in [0.717, 1.165) is 24.6 Å². The summed E-state index contributed by atoms with van der Waals surface area (Å²) in [5.74, 6) is 0.946. The minimum atomic E-state index is 0.00257. The molecule has 1 saturated heterocycles. The van der Waals surface area contributed by atoms with Crippen LogP contribution in [-0.4, -0.2) is 51.5 Å². The van der Waals surface area contributed by atoms with Gasteiger partial charge in [-0.1, -0.05) is 11.3 Å². The Balaban J connectivity index is 1.51. The fraction of sp³-hybridized carbons (Fsp3) is 0.467. The number of hydrogen-bond acceptors (Lipinski definition) is 6. The highest BCUT2D eigenvalue weighted by molar-refractivity contribution is 7.07. The highest BCUT2D eigenvalue weighted by atomic mass is 32.1. The van der Waals surface area contributed by atoms with Gasteiger partial charge < -0.3 is 14.4 Å². The van der Waals surface area contributed by atoms with E-state index in [1.54, 1.807) is 23.2 Å². The molecule has 0 N–H and O–H groups in total. The van der Waals surface area contributed by atoms with Gasteiger partial charge in [-0.05, 0) is 6.92 Å². The highest BCUT2D eigenvalue weighted by Gasteiger charge is 2.21. The molecule has 0 bridgehead atoms. The number of thiazole rings is 1. The van der Waals surface area contributed by atoms with E-state index in [0.29, 0.717) is 26.1 Å². The Morgan fingerprint density at radius 3 is 2.65 bits per heavy atom. The number of carbonyl (C=O) groups excluding carboxylic acids is 1. The van der Waals surface area contributed by atoms with Gasteiger partial charge in [0.1, 0.15) is 5.82 Å². The maximum atomic E-state index is 12.3. The number of piperazine rings is 1. The monoisotopic (exact) mass is 333 g/mol. The van der Waals surface area contributed by atoms with E-state index in [-0.39, 0.29) is 10.8 Å². The Morgan fingerprint density at radius 2 is 2.04 bits per heavy atom. The molecule has 3 rings (SSSR count). The minimum absolute atomic E-state index is 0.00257. The van der Waals surface area contributed by atoms with Gasteiger partial charge in [0.25, 0.3) is 0 Å². The first-order valence-corrected chi connectivity index (χ1v) is 8.47. The van der Waals surface area contributed by atoms with Crippen molar-refractivity contribution in [2.45, 2.75) is 19.9 Å². The fourth-order valence-electron chi connectivity index (χ4n) is 2.68. The molecule has 1 fully saturated rings. The first kappa shape index (κ1) is 15.7. The molecule has 2 aromatic heterocycles. The highest BCUT2D eigenvalue weighted by Crippen LogP contribution is 2.12.